The minimum atomic E-state index is -1.04. The molecule has 0 bridgehead atoms. The van der Waals surface area contributed by atoms with E-state index in [4.69, 9.17) is 9.82 Å². The number of aromatic amines is 1. The van der Waals surface area contributed by atoms with Crippen LogP contribution in [-0.2, 0) is 11.4 Å². The number of rotatable bonds is 9. The van der Waals surface area contributed by atoms with Crippen LogP contribution in [0.5, 0.6) is 0 Å². The first kappa shape index (κ1) is 27.0. The number of carbonyl (C=O) groups is 1. The summed E-state index contributed by atoms with van der Waals surface area (Å²) >= 11 is 0. The van der Waals surface area contributed by atoms with Gasteiger partial charge in [-0.05, 0) is 86.2 Å². The van der Waals surface area contributed by atoms with Crippen LogP contribution in [0.2, 0.25) is 0 Å². The lowest BCUT2D eigenvalue weighted by atomic mass is 10.0. The molecular weight excluding hydrogens is 482 g/mol. The molecule has 9 nitrogen and oxygen atoms in total. The first-order valence-corrected chi connectivity index (χ1v) is 12.3. The van der Waals surface area contributed by atoms with Crippen LogP contribution in [0.15, 0.2) is 65.5 Å². The summed E-state index contributed by atoms with van der Waals surface area (Å²) in [6, 6.07) is 18.8. The molecule has 2 aromatic carbocycles. The molecule has 0 aliphatic rings. The summed E-state index contributed by atoms with van der Waals surface area (Å²) < 4.78 is 0. The second-order valence-corrected chi connectivity index (χ2v) is 9.95. The van der Waals surface area contributed by atoms with Gasteiger partial charge in [-0.15, -0.1) is 0 Å². The Kier molecular flexibility index (Phi) is 7.91. The van der Waals surface area contributed by atoms with Crippen LogP contribution < -0.4 is 21.5 Å². The van der Waals surface area contributed by atoms with Crippen LogP contribution in [0.25, 0.3) is 22.2 Å². The number of hydrogen-bond donors (Lipinski definition) is 4. The number of nitrogens with one attached hydrogen (secondary N) is 3. The highest BCUT2D eigenvalue weighted by atomic mass is 16.7. The Labute approximate surface area is 221 Å². The summed E-state index contributed by atoms with van der Waals surface area (Å²) in [6.07, 6.45) is 0. The number of aromatic nitrogens is 2. The molecule has 0 unspecified atom stereocenters. The second-order valence-electron chi connectivity index (χ2n) is 9.95. The van der Waals surface area contributed by atoms with Crippen LogP contribution in [0.1, 0.15) is 40.9 Å². The lowest BCUT2D eigenvalue weighted by molar-refractivity contribution is -0.0522. The molecule has 4 rings (SSSR count). The smallest absolute Gasteiger partial charge is 0.275 e. The maximum Gasteiger partial charge on any atom is 0.275 e. The van der Waals surface area contributed by atoms with Gasteiger partial charge in [0.15, 0.2) is 0 Å². The Bertz CT molecular complexity index is 1520. The molecule has 0 saturated heterocycles. The number of fused-ring (bicyclic) bond motifs is 1. The molecule has 9 heteroatoms. The SMILES string of the molecule is CNN(Cc1ccc2[nH]c(=O)ccc2c1)c1nc(-c2ccc(C(=O)NOCC(C)(C)O)c(C)c2)ccc1C. The molecule has 1 amide bonds. The average molecular weight is 516 g/mol. The number of pyridine rings is 2. The minimum Gasteiger partial charge on any atom is -0.388 e. The van der Waals surface area contributed by atoms with Gasteiger partial charge in [-0.1, -0.05) is 18.2 Å². The van der Waals surface area contributed by atoms with E-state index in [1.165, 1.54) is 6.07 Å². The second kappa shape index (κ2) is 11.1. The maximum atomic E-state index is 12.5. The van der Waals surface area contributed by atoms with Gasteiger partial charge in [0.05, 0.1) is 17.8 Å². The predicted octanol–water partition coefficient (Wildman–Crippen LogP) is 3.78. The van der Waals surface area contributed by atoms with Gasteiger partial charge in [0, 0.05) is 29.8 Å². The Morgan fingerprint density at radius 1 is 1.05 bits per heavy atom. The van der Waals surface area contributed by atoms with E-state index < -0.39 is 5.60 Å². The van der Waals surface area contributed by atoms with Crippen LogP contribution >= 0.6 is 0 Å². The summed E-state index contributed by atoms with van der Waals surface area (Å²) in [5.41, 5.74) is 10.2. The number of aliphatic hydroxyl groups is 1. The first-order valence-electron chi connectivity index (χ1n) is 12.3. The number of nitrogens with zero attached hydrogens (tertiary/aromatic N) is 2. The van der Waals surface area contributed by atoms with Crippen LogP contribution in [0.3, 0.4) is 0 Å². The molecule has 38 heavy (non-hydrogen) atoms. The number of H-pyrrole nitrogens is 1. The standard InChI is InChI=1S/C29H33N5O4/c1-18-6-11-25(21-8-10-23(19(2)14-21)28(36)33-38-17-29(3,4)37)32-27(18)34(30-5)16-20-7-12-24-22(15-20)9-13-26(35)31-24/h6-15,30,37H,16-17H2,1-5H3,(H,31,35)(H,33,36). The van der Waals surface area contributed by atoms with Crippen molar-refractivity contribution in [2.24, 2.45) is 0 Å². The number of hydroxylamine groups is 1. The van der Waals surface area contributed by atoms with E-state index in [0.29, 0.717) is 12.1 Å². The highest BCUT2D eigenvalue weighted by Crippen LogP contribution is 2.26. The largest absolute Gasteiger partial charge is 0.388 e. The van der Waals surface area contributed by atoms with Crippen LogP contribution in [0, 0.1) is 13.8 Å². The molecule has 198 valence electrons. The molecule has 4 N–H and O–H groups in total. The lowest BCUT2D eigenvalue weighted by Gasteiger charge is -2.25. The molecule has 0 fully saturated rings. The summed E-state index contributed by atoms with van der Waals surface area (Å²) in [6.45, 7) is 7.60. The fraction of sp³-hybridized carbons (Fsp3) is 0.276. The zero-order chi connectivity index (χ0) is 27.4. The Morgan fingerprint density at radius 2 is 1.84 bits per heavy atom. The van der Waals surface area contributed by atoms with E-state index in [2.05, 4.69) is 15.9 Å². The zero-order valence-electron chi connectivity index (χ0n) is 22.3. The van der Waals surface area contributed by atoms with Crippen molar-refractivity contribution in [1.29, 1.82) is 0 Å². The monoisotopic (exact) mass is 515 g/mol. The van der Waals surface area contributed by atoms with Gasteiger partial charge in [-0.2, -0.15) is 0 Å². The number of hydrazine groups is 1. The van der Waals surface area contributed by atoms with E-state index in [-0.39, 0.29) is 18.1 Å². The normalized spacial score (nSPS) is 11.5. The average Bonchev–Trinajstić information content (AvgIpc) is 2.87. The molecule has 0 atom stereocenters. The number of benzene rings is 2. The van der Waals surface area contributed by atoms with E-state index >= 15 is 0 Å². The predicted molar refractivity (Wildman–Crippen MR) is 149 cm³/mol. The van der Waals surface area contributed by atoms with Crippen LogP contribution in [0.4, 0.5) is 5.82 Å². The quantitative estimate of drug-likeness (QED) is 0.251. The molecule has 2 aromatic heterocycles. The van der Waals surface area contributed by atoms with Gasteiger partial charge < -0.3 is 10.1 Å². The third kappa shape index (κ3) is 6.44. The third-order valence-corrected chi connectivity index (χ3v) is 6.08. The van der Waals surface area contributed by atoms with Gasteiger partial charge in [-0.25, -0.2) is 15.9 Å². The van der Waals surface area contributed by atoms with Crippen molar-refractivity contribution in [2.75, 3.05) is 18.7 Å². The molecule has 0 radical (unpaired) electrons. The fourth-order valence-corrected chi connectivity index (χ4v) is 4.11. The summed E-state index contributed by atoms with van der Waals surface area (Å²) in [4.78, 5) is 37.0. The third-order valence-electron chi connectivity index (χ3n) is 6.08. The van der Waals surface area contributed by atoms with Gasteiger partial charge >= 0.3 is 0 Å². The van der Waals surface area contributed by atoms with Gasteiger partial charge in [0.1, 0.15) is 12.4 Å². The van der Waals surface area contributed by atoms with E-state index in [1.807, 2.05) is 74.4 Å². The van der Waals surface area contributed by atoms with Crippen molar-refractivity contribution in [3.63, 3.8) is 0 Å². The fourth-order valence-electron chi connectivity index (χ4n) is 4.11. The molecular formula is C29H33N5O4. The Morgan fingerprint density at radius 3 is 2.55 bits per heavy atom. The highest BCUT2D eigenvalue weighted by molar-refractivity contribution is 5.95. The highest BCUT2D eigenvalue weighted by Gasteiger charge is 2.17. The minimum absolute atomic E-state index is 0.0212. The number of anilines is 1. The van der Waals surface area contributed by atoms with Crippen LogP contribution in [-0.4, -0.2) is 40.2 Å². The van der Waals surface area contributed by atoms with Gasteiger partial charge in [-0.3, -0.25) is 19.4 Å². The Hall–Kier alpha value is -4.05. The van der Waals surface area contributed by atoms with Crippen molar-refractivity contribution < 1.29 is 14.7 Å². The zero-order valence-corrected chi connectivity index (χ0v) is 22.3. The van der Waals surface area contributed by atoms with E-state index in [9.17, 15) is 14.7 Å². The number of hydrogen-bond acceptors (Lipinski definition) is 7. The van der Waals surface area contributed by atoms with Crippen molar-refractivity contribution in [1.82, 2.24) is 20.9 Å². The van der Waals surface area contributed by atoms with Gasteiger partial charge in [0.2, 0.25) is 5.56 Å². The number of carbonyl (C=O) groups excluding carboxylic acids is 1. The van der Waals surface area contributed by atoms with E-state index in [0.717, 1.165) is 44.7 Å². The molecule has 2 heterocycles. The van der Waals surface area contributed by atoms with E-state index in [1.54, 1.807) is 19.9 Å². The molecule has 0 aliphatic carbocycles. The van der Waals surface area contributed by atoms with Crippen molar-refractivity contribution in [3.05, 3.63) is 93.3 Å². The summed E-state index contributed by atoms with van der Waals surface area (Å²) in [7, 11) is 1.85. The first-order chi connectivity index (χ1) is 18.0. The molecule has 4 aromatic rings. The molecule has 0 spiro atoms. The molecule has 0 aliphatic heterocycles. The summed E-state index contributed by atoms with van der Waals surface area (Å²) in [5.74, 6) is 0.405. The lowest BCUT2D eigenvalue weighted by Crippen LogP contribution is -2.35. The number of amides is 1. The Balaban J connectivity index is 1.55. The maximum absolute atomic E-state index is 12.5. The van der Waals surface area contributed by atoms with Crippen molar-refractivity contribution in [2.45, 2.75) is 39.8 Å². The van der Waals surface area contributed by atoms with Crippen molar-refractivity contribution in [3.8, 4) is 11.3 Å². The van der Waals surface area contributed by atoms with Crippen molar-refractivity contribution >= 4 is 22.6 Å². The topological polar surface area (TPSA) is 120 Å². The van der Waals surface area contributed by atoms with Gasteiger partial charge in [0.25, 0.3) is 5.91 Å². The number of aryl methyl sites for hydroxylation is 2. The summed E-state index contributed by atoms with van der Waals surface area (Å²) in [5, 5.41) is 12.7. The molecule has 0 saturated carbocycles.